The van der Waals surface area contributed by atoms with Crippen LogP contribution in [0.2, 0.25) is 0 Å². The van der Waals surface area contributed by atoms with Gasteiger partial charge in [0, 0.05) is 12.6 Å². The summed E-state index contributed by atoms with van der Waals surface area (Å²) in [4.78, 5) is 0. The fourth-order valence-corrected chi connectivity index (χ4v) is 1.52. The van der Waals surface area contributed by atoms with Crippen molar-refractivity contribution in [3.63, 3.8) is 0 Å². The molecule has 0 aromatic heterocycles. The molecule has 1 rings (SSSR count). The van der Waals surface area contributed by atoms with Crippen LogP contribution >= 0.6 is 0 Å². The second kappa shape index (κ2) is 8.77. The molecule has 1 unspecified atom stereocenters. The van der Waals surface area contributed by atoms with Gasteiger partial charge in [0.2, 0.25) is 0 Å². The van der Waals surface area contributed by atoms with Crippen molar-refractivity contribution in [2.24, 2.45) is 0 Å². The van der Waals surface area contributed by atoms with E-state index in [4.69, 9.17) is 9.47 Å². The topological polar surface area (TPSA) is 50.7 Å². The van der Waals surface area contributed by atoms with Crippen molar-refractivity contribution in [1.82, 2.24) is 5.32 Å². The molecule has 1 aromatic carbocycles. The zero-order valence-electron chi connectivity index (χ0n) is 12.1. The third-order valence-corrected chi connectivity index (χ3v) is 2.50. The average Bonchev–Trinajstić information content (AvgIpc) is 2.41. The molecule has 0 saturated carbocycles. The lowest BCUT2D eigenvalue weighted by Crippen LogP contribution is -2.35. The largest absolute Gasteiger partial charge is 0.490 e. The first-order chi connectivity index (χ1) is 9.13. The van der Waals surface area contributed by atoms with Gasteiger partial charge in [-0.2, -0.15) is 0 Å². The van der Waals surface area contributed by atoms with E-state index in [1.807, 2.05) is 38.1 Å². The summed E-state index contributed by atoms with van der Waals surface area (Å²) in [6.07, 6.45) is 0.427. The van der Waals surface area contributed by atoms with E-state index in [1.54, 1.807) is 0 Å². The lowest BCUT2D eigenvalue weighted by atomic mass is 10.3. The number of hydrogen-bond acceptors (Lipinski definition) is 4. The van der Waals surface area contributed by atoms with Crippen LogP contribution in [-0.2, 0) is 0 Å². The molecular weight excluding hydrogens is 242 g/mol. The maximum Gasteiger partial charge on any atom is 0.161 e. The summed E-state index contributed by atoms with van der Waals surface area (Å²) in [6.45, 7) is 7.59. The molecule has 1 atom stereocenters. The lowest BCUT2D eigenvalue weighted by molar-refractivity contribution is 0.102. The number of rotatable bonds is 9. The van der Waals surface area contributed by atoms with Crippen molar-refractivity contribution >= 4 is 0 Å². The van der Waals surface area contributed by atoms with Gasteiger partial charge < -0.3 is 19.9 Å². The monoisotopic (exact) mass is 267 g/mol. The number of benzene rings is 1. The number of aliphatic hydroxyl groups excluding tert-OH is 1. The van der Waals surface area contributed by atoms with E-state index in [2.05, 4.69) is 12.2 Å². The number of para-hydroxylation sites is 2. The van der Waals surface area contributed by atoms with Gasteiger partial charge >= 0.3 is 0 Å². The second-order valence-electron chi connectivity index (χ2n) is 4.82. The fourth-order valence-electron chi connectivity index (χ4n) is 1.52. The van der Waals surface area contributed by atoms with Crippen LogP contribution in [0.4, 0.5) is 0 Å². The highest BCUT2D eigenvalue weighted by Gasteiger charge is 2.09. The molecule has 0 aliphatic heterocycles. The second-order valence-corrected chi connectivity index (χ2v) is 4.82. The van der Waals surface area contributed by atoms with Crippen LogP contribution in [0.25, 0.3) is 0 Å². The summed E-state index contributed by atoms with van der Waals surface area (Å²) in [6, 6.07) is 7.90. The Morgan fingerprint density at radius 2 is 1.79 bits per heavy atom. The predicted molar refractivity (Wildman–Crippen MR) is 76.9 cm³/mol. The highest BCUT2D eigenvalue weighted by Crippen LogP contribution is 2.26. The Balaban J connectivity index is 2.43. The molecule has 19 heavy (non-hydrogen) atoms. The molecule has 0 amide bonds. The molecule has 0 saturated heterocycles. The smallest absolute Gasteiger partial charge is 0.161 e. The molecule has 0 aliphatic rings. The van der Waals surface area contributed by atoms with E-state index in [-0.39, 0.29) is 6.61 Å². The molecule has 0 heterocycles. The standard InChI is InChI=1S/C15H25NO3/c1-4-9-18-14-7-5-6-8-15(14)19-11-13(17)10-16-12(2)3/h5-8,12-13,16-17H,4,9-11H2,1-3H3. The Labute approximate surface area is 115 Å². The highest BCUT2D eigenvalue weighted by molar-refractivity contribution is 5.39. The summed E-state index contributed by atoms with van der Waals surface area (Å²) in [5, 5.41) is 13.0. The fraction of sp³-hybridized carbons (Fsp3) is 0.600. The zero-order valence-corrected chi connectivity index (χ0v) is 12.1. The maximum atomic E-state index is 9.80. The molecule has 0 aliphatic carbocycles. The molecular formula is C15H25NO3. The minimum absolute atomic E-state index is 0.256. The molecule has 4 heteroatoms. The first-order valence-electron chi connectivity index (χ1n) is 6.89. The van der Waals surface area contributed by atoms with Crippen molar-refractivity contribution in [2.45, 2.75) is 39.3 Å². The minimum atomic E-state index is -0.526. The third-order valence-electron chi connectivity index (χ3n) is 2.50. The quantitative estimate of drug-likeness (QED) is 0.720. The van der Waals surface area contributed by atoms with Gasteiger partial charge in [0.05, 0.1) is 6.61 Å². The van der Waals surface area contributed by atoms with Gasteiger partial charge in [-0.05, 0) is 18.6 Å². The normalized spacial score (nSPS) is 12.5. The predicted octanol–water partition coefficient (Wildman–Crippen LogP) is 2.21. The molecule has 1 aromatic rings. The van der Waals surface area contributed by atoms with Crippen molar-refractivity contribution in [3.8, 4) is 11.5 Å². The van der Waals surface area contributed by atoms with Crippen LogP contribution in [0.15, 0.2) is 24.3 Å². The van der Waals surface area contributed by atoms with Crippen molar-refractivity contribution < 1.29 is 14.6 Å². The molecule has 108 valence electrons. The SMILES string of the molecule is CCCOc1ccccc1OCC(O)CNC(C)C. The summed E-state index contributed by atoms with van der Waals surface area (Å²) in [5.74, 6) is 1.41. The Kier molecular flexibility index (Phi) is 7.30. The van der Waals surface area contributed by atoms with E-state index in [0.29, 0.717) is 24.9 Å². The van der Waals surface area contributed by atoms with Gasteiger partial charge in [-0.1, -0.05) is 32.9 Å². The number of ether oxygens (including phenoxy) is 2. The van der Waals surface area contributed by atoms with Gasteiger partial charge in [-0.15, -0.1) is 0 Å². The zero-order chi connectivity index (χ0) is 14.1. The Bertz CT molecular complexity index is 355. The summed E-state index contributed by atoms with van der Waals surface area (Å²) in [7, 11) is 0. The van der Waals surface area contributed by atoms with Crippen molar-refractivity contribution in [3.05, 3.63) is 24.3 Å². The van der Waals surface area contributed by atoms with E-state index in [1.165, 1.54) is 0 Å². The number of aliphatic hydroxyl groups is 1. The first kappa shape index (κ1) is 15.8. The van der Waals surface area contributed by atoms with Gasteiger partial charge in [0.15, 0.2) is 11.5 Å². The van der Waals surface area contributed by atoms with E-state index >= 15 is 0 Å². The van der Waals surface area contributed by atoms with Crippen molar-refractivity contribution in [1.29, 1.82) is 0 Å². The maximum absolute atomic E-state index is 9.80. The molecule has 0 radical (unpaired) electrons. The van der Waals surface area contributed by atoms with Crippen LogP contribution in [0.1, 0.15) is 27.2 Å². The van der Waals surface area contributed by atoms with E-state index in [9.17, 15) is 5.11 Å². The van der Waals surface area contributed by atoms with Crippen LogP contribution in [-0.4, -0.2) is 37.0 Å². The molecule has 0 spiro atoms. The van der Waals surface area contributed by atoms with E-state index in [0.717, 1.165) is 12.2 Å². The number of hydrogen-bond donors (Lipinski definition) is 2. The van der Waals surface area contributed by atoms with Crippen LogP contribution in [0.5, 0.6) is 11.5 Å². The van der Waals surface area contributed by atoms with Gasteiger partial charge in [0.25, 0.3) is 0 Å². The van der Waals surface area contributed by atoms with Crippen LogP contribution in [0, 0.1) is 0 Å². The van der Waals surface area contributed by atoms with Gasteiger partial charge in [0.1, 0.15) is 12.7 Å². The molecule has 0 bridgehead atoms. The van der Waals surface area contributed by atoms with Crippen LogP contribution in [0.3, 0.4) is 0 Å². The Hall–Kier alpha value is -1.26. The minimum Gasteiger partial charge on any atom is -0.490 e. The molecule has 4 nitrogen and oxygen atoms in total. The average molecular weight is 267 g/mol. The lowest BCUT2D eigenvalue weighted by Gasteiger charge is -2.16. The summed E-state index contributed by atoms with van der Waals surface area (Å²) < 4.78 is 11.2. The Morgan fingerprint density at radius 1 is 1.16 bits per heavy atom. The van der Waals surface area contributed by atoms with Gasteiger partial charge in [-0.25, -0.2) is 0 Å². The number of nitrogens with one attached hydrogen (secondary N) is 1. The summed E-state index contributed by atoms with van der Waals surface area (Å²) >= 11 is 0. The van der Waals surface area contributed by atoms with Crippen LogP contribution < -0.4 is 14.8 Å². The van der Waals surface area contributed by atoms with E-state index < -0.39 is 6.10 Å². The molecule has 2 N–H and O–H groups in total. The first-order valence-corrected chi connectivity index (χ1v) is 6.89. The Morgan fingerprint density at radius 3 is 2.37 bits per heavy atom. The third kappa shape index (κ3) is 6.45. The highest BCUT2D eigenvalue weighted by atomic mass is 16.5. The summed E-state index contributed by atoms with van der Waals surface area (Å²) in [5.41, 5.74) is 0. The molecule has 0 fully saturated rings. The van der Waals surface area contributed by atoms with Crippen molar-refractivity contribution in [2.75, 3.05) is 19.8 Å². The van der Waals surface area contributed by atoms with Gasteiger partial charge in [-0.3, -0.25) is 0 Å².